The largest absolute Gasteiger partial charge is 0.387 e. The summed E-state index contributed by atoms with van der Waals surface area (Å²) < 4.78 is 2.16. The lowest BCUT2D eigenvalue weighted by Crippen LogP contribution is -2.34. The Morgan fingerprint density at radius 2 is 1.64 bits per heavy atom. The van der Waals surface area contributed by atoms with Gasteiger partial charge >= 0.3 is 0 Å². The van der Waals surface area contributed by atoms with Gasteiger partial charge in [0.25, 0.3) is 11.8 Å². The Bertz CT molecular complexity index is 1160. The van der Waals surface area contributed by atoms with Crippen LogP contribution in [0.5, 0.6) is 0 Å². The number of nitrogens with one attached hydrogen (secondary N) is 1. The third kappa shape index (κ3) is 2.47. The van der Waals surface area contributed by atoms with Crippen LogP contribution in [0.25, 0.3) is 16.5 Å². The molecule has 2 amide bonds. The van der Waals surface area contributed by atoms with E-state index in [-0.39, 0.29) is 11.8 Å². The molecule has 2 aromatic carbocycles. The Morgan fingerprint density at radius 1 is 0.964 bits per heavy atom. The van der Waals surface area contributed by atoms with E-state index in [1.165, 1.54) is 15.8 Å². The topological polar surface area (TPSA) is 54.3 Å². The van der Waals surface area contributed by atoms with Gasteiger partial charge in [-0.15, -0.1) is 0 Å². The maximum atomic E-state index is 12.6. The summed E-state index contributed by atoms with van der Waals surface area (Å²) in [6.45, 7) is 0.904. The molecule has 3 aromatic rings. The van der Waals surface area contributed by atoms with E-state index in [1.807, 2.05) is 25.4 Å². The Kier molecular flexibility index (Phi) is 3.69. The highest BCUT2D eigenvalue weighted by atomic mass is 16.2. The van der Waals surface area contributed by atoms with Crippen molar-refractivity contribution in [2.24, 2.45) is 7.05 Å². The highest BCUT2D eigenvalue weighted by molar-refractivity contribution is 6.21. The van der Waals surface area contributed by atoms with E-state index in [9.17, 15) is 9.59 Å². The number of benzene rings is 2. The first kappa shape index (κ1) is 16.6. The molecule has 0 saturated heterocycles. The predicted octanol–water partition coefficient (Wildman–Crippen LogP) is 3.35. The van der Waals surface area contributed by atoms with E-state index in [4.69, 9.17) is 0 Å². The fourth-order valence-electron chi connectivity index (χ4n) is 4.01. The average molecular weight is 369 g/mol. The number of imide groups is 1. The normalized spacial score (nSPS) is 16.1. The van der Waals surface area contributed by atoms with E-state index in [2.05, 4.69) is 34.2 Å². The average Bonchev–Trinajstić information content (AvgIpc) is 3.19. The van der Waals surface area contributed by atoms with Crippen molar-refractivity contribution in [2.75, 3.05) is 13.1 Å². The number of rotatable bonds is 3. The fraction of sp³-hybridized carbons (Fsp3) is 0.130. The van der Waals surface area contributed by atoms with Gasteiger partial charge in [-0.1, -0.05) is 30.3 Å². The second kappa shape index (κ2) is 6.23. The monoisotopic (exact) mass is 369 g/mol. The van der Waals surface area contributed by atoms with E-state index in [1.54, 1.807) is 24.3 Å². The molecule has 0 unspecified atom stereocenters. The third-order valence-electron chi connectivity index (χ3n) is 5.43. The molecule has 5 rings (SSSR count). The number of carbonyl (C=O) groups is 2. The molecule has 2 aliphatic heterocycles. The van der Waals surface area contributed by atoms with Crippen LogP contribution in [0.2, 0.25) is 0 Å². The van der Waals surface area contributed by atoms with Crippen LogP contribution in [0.4, 0.5) is 0 Å². The molecule has 0 radical (unpaired) electrons. The minimum Gasteiger partial charge on any atom is -0.387 e. The van der Waals surface area contributed by atoms with Gasteiger partial charge in [-0.2, -0.15) is 0 Å². The van der Waals surface area contributed by atoms with E-state index in [0.717, 1.165) is 16.8 Å². The fourth-order valence-corrected chi connectivity index (χ4v) is 4.01. The first-order valence-corrected chi connectivity index (χ1v) is 9.26. The standard InChI is InChI=1S/C23H19N3O2/c1-25-20-9-5-2-6-16(20)11-21(25)17-10-15(12-24-13-17)14-26-22(27)18-7-3-4-8-19(18)23(26)28/h2-11,13,24H,12,14H2,1H3. The van der Waals surface area contributed by atoms with Crippen LogP contribution in [-0.2, 0) is 7.05 Å². The zero-order valence-corrected chi connectivity index (χ0v) is 15.5. The molecule has 0 atom stereocenters. The summed E-state index contributed by atoms with van der Waals surface area (Å²) in [5, 5.41) is 4.47. The summed E-state index contributed by atoms with van der Waals surface area (Å²) in [5.74, 6) is -0.440. The van der Waals surface area contributed by atoms with Crippen molar-refractivity contribution in [2.45, 2.75) is 0 Å². The number of allylic oxidation sites excluding steroid dienone is 2. The van der Waals surface area contributed by atoms with Crippen molar-refractivity contribution in [3.8, 4) is 0 Å². The second-order valence-corrected chi connectivity index (χ2v) is 7.17. The minimum atomic E-state index is -0.220. The van der Waals surface area contributed by atoms with Crippen LogP contribution >= 0.6 is 0 Å². The van der Waals surface area contributed by atoms with E-state index in [0.29, 0.717) is 24.2 Å². The van der Waals surface area contributed by atoms with Crippen molar-refractivity contribution in [1.29, 1.82) is 0 Å². The number of aryl methyl sites for hydroxylation is 1. The number of hydrogen-bond acceptors (Lipinski definition) is 3. The van der Waals surface area contributed by atoms with Gasteiger partial charge in [-0.25, -0.2) is 0 Å². The Hall–Kier alpha value is -3.60. The molecule has 0 bridgehead atoms. The molecular weight excluding hydrogens is 350 g/mol. The van der Waals surface area contributed by atoms with Gasteiger partial charge < -0.3 is 9.88 Å². The Balaban J connectivity index is 1.45. The Labute approximate surface area is 162 Å². The third-order valence-corrected chi connectivity index (χ3v) is 5.43. The maximum absolute atomic E-state index is 12.6. The number of carbonyl (C=O) groups excluding carboxylic acids is 2. The van der Waals surface area contributed by atoms with Crippen molar-refractivity contribution < 1.29 is 9.59 Å². The molecule has 2 aliphatic rings. The van der Waals surface area contributed by atoms with Gasteiger partial charge in [0.2, 0.25) is 0 Å². The number of aromatic nitrogens is 1. The molecule has 1 N–H and O–H groups in total. The van der Waals surface area contributed by atoms with Gasteiger partial charge in [0, 0.05) is 36.3 Å². The summed E-state index contributed by atoms with van der Waals surface area (Å²) in [6, 6.07) is 17.4. The summed E-state index contributed by atoms with van der Waals surface area (Å²) >= 11 is 0. The SMILES string of the molecule is Cn1c(C2=CNCC(CN3C(=O)c4ccccc4C3=O)=C2)cc2ccccc21. The first-order chi connectivity index (χ1) is 13.6. The lowest BCUT2D eigenvalue weighted by atomic mass is 10.1. The number of para-hydroxylation sites is 1. The molecule has 1 aromatic heterocycles. The molecular formula is C23H19N3O2. The molecule has 0 spiro atoms. The van der Waals surface area contributed by atoms with Gasteiger partial charge in [-0.05, 0) is 35.9 Å². The zero-order chi connectivity index (χ0) is 19.3. The van der Waals surface area contributed by atoms with Gasteiger partial charge in [0.05, 0.1) is 23.4 Å². The number of dihydropyridines is 1. The van der Waals surface area contributed by atoms with Crippen molar-refractivity contribution in [3.63, 3.8) is 0 Å². The zero-order valence-electron chi connectivity index (χ0n) is 15.5. The molecule has 28 heavy (non-hydrogen) atoms. The predicted molar refractivity (Wildman–Crippen MR) is 109 cm³/mol. The van der Waals surface area contributed by atoms with Crippen molar-refractivity contribution >= 4 is 28.3 Å². The van der Waals surface area contributed by atoms with Crippen molar-refractivity contribution in [3.05, 3.63) is 89.3 Å². The molecule has 0 saturated carbocycles. The van der Waals surface area contributed by atoms with E-state index < -0.39 is 0 Å². The Morgan fingerprint density at radius 3 is 2.36 bits per heavy atom. The molecule has 0 aliphatic carbocycles. The highest BCUT2D eigenvalue weighted by Gasteiger charge is 2.35. The van der Waals surface area contributed by atoms with Crippen LogP contribution in [-0.4, -0.2) is 34.4 Å². The summed E-state index contributed by atoms with van der Waals surface area (Å²) in [4.78, 5) is 26.6. The highest BCUT2D eigenvalue weighted by Crippen LogP contribution is 2.28. The molecule has 138 valence electrons. The smallest absolute Gasteiger partial charge is 0.261 e. The van der Waals surface area contributed by atoms with Gasteiger partial charge in [0.1, 0.15) is 0 Å². The molecule has 5 nitrogen and oxygen atoms in total. The molecule has 5 heteroatoms. The van der Waals surface area contributed by atoms with Gasteiger partial charge in [0.15, 0.2) is 0 Å². The lowest BCUT2D eigenvalue weighted by molar-refractivity contribution is 0.0667. The quantitative estimate of drug-likeness (QED) is 0.721. The first-order valence-electron chi connectivity index (χ1n) is 9.26. The number of amides is 2. The summed E-state index contributed by atoms with van der Waals surface area (Å²) in [5.41, 5.74) is 5.27. The molecule has 0 fully saturated rings. The van der Waals surface area contributed by atoms with Crippen LogP contribution in [0.1, 0.15) is 26.4 Å². The van der Waals surface area contributed by atoms with Crippen LogP contribution in [0.15, 0.2) is 72.4 Å². The summed E-state index contributed by atoms with van der Waals surface area (Å²) in [7, 11) is 2.05. The van der Waals surface area contributed by atoms with E-state index >= 15 is 0 Å². The number of nitrogens with zero attached hydrogens (tertiary/aromatic N) is 2. The van der Waals surface area contributed by atoms with Crippen LogP contribution in [0, 0.1) is 0 Å². The summed E-state index contributed by atoms with van der Waals surface area (Å²) in [6.07, 6.45) is 4.06. The second-order valence-electron chi connectivity index (χ2n) is 7.17. The van der Waals surface area contributed by atoms with Gasteiger partial charge in [-0.3, -0.25) is 14.5 Å². The molecule has 3 heterocycles. The minimum absolute atomic E-state index is 0.220. The van der Waals surface area contributed by atoms with Crippen LogP contribution < -0.4 is 5.32 Å². The maximum Gasteiger partial charge on any atom is 0.261 e. The van der Waals surface area contributed by atoms with Crippen LogP contribution in [0.3, 0.4) is 0 Å². The lowest BCUT2D eigenvalue weighted by Gasteiger charge is -2.20. The number of hydrogen-bond donors (Lipinski definition) is 1. The van der Waals surface area contributed by atoms with Crippen molar-refractivity contribution in [1.82, 2.24) is 14.8 Å². The number of fused-ring (bicyclic) bond motifs is 2.